The van der Waals surface area contributed by atoms with Crippen LogP contribution < -0.4 is 10.6 Å². The van der Waals surface area contributed by atoms with Crippen LogP contribution in [0.1, 0.15) is 22.3 Å². The molecule has 0 aliphatic rings. The Kier molecular flexibility index (Phi) is 5.53. The standard InChI is InChI=1S/C13H16N2O4/c1-9-2-4-10(5-3-9)13(19)15-7-6-14-11(16)8-12(17)18/h2-5H,6-8H2,1H3,(H,14,16)(H,15,19)(H,17,18). The number of benzene rings is 1. The van der Waals surface area contributed by atoms with Gasteiger partial charge in [-0.05, 0) is 19.1 Å². The SMILES string of the molecule is Cc1ccc(C(=O)NCCNC(=O)CC(=O)O)cc1. The van der Waals surface area contributed by atoms with Crippen LogP contribution in [-0.2, 0) is 9.59 Å². The van der Waals surface area contributed by atoms with Gasteiger partial charge in [0.05, 0.1) is 0 Å². The molecule has 1 aromatic carbocycles. The summed E-state index contributed by atoms with van der Waals surface area (Å²) in [6, 6.07) is 7.11. The molecule has 0 aromatic heterocycles. The zero-order chi connectivity index (χ0) is 14.3. The Hall–Kier alpha value is -2.37. The van der Waals surface area contributed by atoms with E-state index in [0.717, 1.165) is 5.56 Å². The van der Waals surface area contributed by atoms with Crippen LogP contribution in [0, 0.1) is 6.92 Å². The molecule has 0 heterocycles. The molecule has 1 rings (SSSR count). The molecule has 0 unspecified atom stereocenters. The molecular weight excluding hydrogens is 248 g/mol. The Morgan fingerprint density at radius 1 is 1.05 bits per heavy atom. The van der Waals surface area contributed by atoms with Gasteiger partial charge in [-0.2, -0.15) is 0 Å². The lowest BCUT2D eigenvalue weighted by atomic mass is 10.1. The molecule has 2 amide bonds. The summed E-state index contributed by atoms with van der Waals surface area (Å²) >= 11 is 0. The Balaban J connectivity index is 2.26. The first-order chi connectivity index (χ1) is 8.99. The van der Waals surface area contributed by atoms with Gasteiger partial charge in [-0.15, -0.1) is 0 Å². The second kappa shape index (κ2) is 7.15. The third-order valence-electron chi connectivity index (χ3n) is 2.36. The van der Waals surface area contributed by atoms with Crippen molar-refractivity contribution in [2.45, 2.75) is 13.3 Å². The van der Waals surface area contributed by atoms with Crippen molar-refractivity contribution >= 4 is 17.8 Å². The van der Waals surface area contributed by atoms with E-state index in [9.17, 15) is 14.4 Å². The fourth-order valence-electron chi connectivity index (χ4n) is 1.38. The molecule has 6 nitrogen and oxygen atoms in total. The molecule has 0 atom stereocenters. The summed E-state index contributed by atoms with van der Waals surface area (Å²) in [6.07, 6.45) is -0.564. The van der Waals surface area contributed by atoms with Crippen LogP contribution in [-0.4, -0.2) is 36.0 Å². The van der Waals surface area contributed by atoms with E-state index < -0.39 is 18.3 Å². The third kappa shape index (κ3) is 5.67. The van der Waals surface area contributed by atoms with Gasteiger partial charge in [-0.1, -0.05) is 17.7 Å². The molecule has 0 bridgehead atoms. The second-order valence-electron chi connectivity index (χ2n) is 4.04. The molecule has 3 N–H and O–H groups in total. The van der Waals surface area contributed by atoms with Gasteiger partial charge in [-0.3, -0.25) is 14.4 Å². The molecule has 19 heavy (non-hydrogen) atoms. The number of nitrogens with one attached hydrogen (secondary N) is 2. The third-order valence-corrected chi connectivity index (χ3v) is 2.36. The first-order valence-electron chi connectivity index (χ1n) is 5.82. The number of amides is 2. The van der Waals surface area contributed by atoms with Gasteiger partial charge >= 0.3 is 5.97 Å². The maximum atomic E-state index is 11.7. The number of rotatable bonds is 6. The number of carbonyl (C=O) groups is 3. The summed E-state index contributed by atoms with van der Waals surface area (Å²) < 4.78 is 0. The topological polar surface area (TPSA) is 95.5 Å². The van der Waals surface area contributed by atoms with Gasteiger partial charge in [0.1, 0.15) is 6.42 Å². The lowest BCUT2D eigenvalue weighted by molar-refractivity contribution is -0.140. The zero-order valence-corrected chi connectivity index (χ0v) is 10.6. The molecule has 0 fully saturated rings. The lowest BCUT2D eigenvalue weighted by Crippen LogP contribution is -2.35. The normalized spacial score (nSPS) is 9.74. The quantitative estimate of drug-likeness (QED) is 0.509. The van der Waals surface area contributed by atoms with Crippen LogP contribution >= 0.6 is 0 Å². The van der Waals surface area contributed by atoms with Crippen molar-refractivity contribution in [3.05, 3.63) is 35.4 Å². The number of aryl methyl sites for hydroxylation is 1. The number of carbonyl (C=O) groups excluding carboxylic acids is 2. The Bertz CT molecular complexity index is 468. The van der Waals surface area contributed by atoms with E-state index in [2.05, 4.69) is 10.6 Å². The van der Waals surface area contributed by atoms with Crippen molar-refractivity contribution in [3.63, 3.8) is 0 Å². The average molecular weight is 264 g/mol. The zero-order valence-electron chi connectivity index (χ0n) is 10.6. The second-order valence-corrected chi connectivity index (χ2v) is 4.04. The lowest BCUT2D eigenvalue weighted by Gasteiger charge is -2.06. The fourth-order valence-corrected chi connectivity index (χ4v) is 1.38. The van der Waals surface area contributed by atoms with Crippen molar-refractivity contribution in [2.75, 3.05) is 13.1 Å². The maximum Gasteiger partial charge on any atom is 0.312 e. The van der Waals surface area contributed by atoms with Gasteiger partial charge in [0.25, 0.3) is 5.91 Å². The highest BCUT2D eigenvalue weighted by atomic mass is 16.4. The molecule has 0 aliphatic carbocycles. The Morgan fingerprint density at radius 3 is 2.21 bits per heavy atom. The van der Waals surface area contributed by atoms with E-state index in [0.29, 0.717) is 5.56 Å². The highest BCUT2D eigenvalue weighted by molar-refractivity contribution is 5.94. The Labute approximate surface area is 110 Å². The number of carboxylic acid groups (broad SMARTS) is 1. The van der Waals surface area contributed by atoms with Crippen molar-refractivity contribution < 1.29 is 19.5 Å². The van der Waals surface area contributed by atoms with Crippen LogP contribution in [0.5, 0.6) is 0 Å². The molecule has 0 saturated heterocycles. The van der Waals surface area contributed by atoms with Gasteiger partial charge in [0.2, 0.25) is 5.91 Å². The first-order valence-corrected chi connectivity index (χ1v) is 5.82. The number of aliphatic carboxylic acids is 1. The molecule has 102 valence electrons. The first kappa shape index (κ1) is 14.7. The van der Waals surface area contributed by atoms with Gasteiger partial charge in [0.15, 0.2) is 0 Å². The molecule has 0 aliphatic heterocycles. The number of hydrogen-bond acceptors (Lipinski definition) is 3. The maximum absolute atomic E-state index is 11.7. The van der Waals surface area contributed by atoms with Crippen LogP contribution in [0.25, 0.3) is 0 Å². The summed E-state index contributed by atoms with van der Waals surface area (Å²) in [5, 5.41) is 13.4. The monoisotopic (exact) mass is 264 g/mol. The summed E-state index contributed by atoms with van der Waals surface area (Å²) in [4.78, 5) is 32.9. The van der Waals surface area contributed by atoms with E-state index in [4.69, 9.17) is 5.11 Å². The van der Waals surface area contributed by atoms with Crippen LogP contribution in [0.2, 0.25) is 0 Å². The van der Waals surface area contributed by atoms with E-state index in [1.54, 1.807) is 12.1 Å². The predicted octanol–water partition coefficient (Wildman–Crippen LogP) is 0.316. The highest BCUT2D eigenvalue weighted by Gasteiger charge is 2.07. The smallest absolute Gasteiger partial charge is 0.312 e. The summed E-state index contributed by atoms with van der Waals surface area (Å²) in [7, 11) is 0. The number of hydrogen-bond donors (Lipinski definition) is 3. The van der Waals surface area contributed by atoms with Crippen molar-refractivity contribution in [1.82, 2.24) is 10.6 Å². The van der Waals surface area contributed by atoms with E-state index >= 15 is 0 Å². The minimum Gasteiger partial charge on any atom is -0.481 e. The van der Waals surface area contributed by atoms with E-state index in [1.165, 1.54) is 0 Å². The van der Waals surface area contributed by atoms with Gasteiger partial charge in [-0.25, -0.2) is 0 Å². The van der Waals surface area contributed by atoms with Crippen LogP contribution in [0.3, 0.4) is 0 Å². The fraction of sp³-hybridized carbons (Fsp3) is 0.308. The molecule has 6 heteroatoms. The van der Waals surface area contributed by atoms with Crippen molar-refractivity contribution in [2.24, 2.45) is 0 Å². The van der Waals surface area contributed by atoms with Gasteiger partial charge in [0, 0.05) is 18.7 Å². The van der Waals surface area contributed by atoms with E-state index in [-0.39, 0.29) is 19.0 Å². The average Bonchev–Trinajstić information content (AvgIpc) is 2.34. The summed E-state index contributed by atoms with van der Waals surface area (Å²) in [5.41, 5.74) is 1.61. The molecule has 1 aromatic rings. The van der Waals surface area contributed by atoms with Crippen LogP contribution in [0.4, 0.5) is 0 Å². The minimum absolute atomic E-state index is 0.198. The van der Waals surface area contributed by atoms with Crippen LogP contribution in [0.15, 0.2) is 24.3 Å². The molecule has 0 radical (unpaired) electrons. The minimum atomic E-state index is -1.18. The number of carboxylic acids is 1. The van der Waals surface area contributed by atoms with Crippen molar-refractivity contribution in [1.29, 1.82) is 0 Å². The Morgan fingerprint density at radius 2 is 1.63 bits per heavy atom. The summed E-state index contributed by atoms with van der Waals surface area (Å²) in [6.45, 7) is 2.38. The summed E-state index contributed by atoms with van der Waals surface area (Å²) in [5.74, 6) is -1.98. The van der Waals surface area contributed by atoms with Crippen molar-refractivity contribution in [3.8, 4) is 0 Å². The van der Waals surface area contributed by atoms with E-state index in [1.807, 2.05) is 19.1 Å². The molecular formula is C13H16N2O4. The molecule has 0 spiro atoms. The predicted molar refractivity (Wildman–Crippen MR) is 68.8 cm³/mol. The largest absolute Gasteiger partial charge is 0.481 e. The van der Waals surface area contributed by atoms with Gasteiger partial charge < -0.3 is 15.7 Å². The molecule has 0 saturated carbocycles. The highest BCUT2D eigenvalue weighted by Crippen LogP contribution is 2.02.